The molecule has 0 aliphatic heterocycles. The van der Waals surface area contributed by atoms with Gasteiger partial charge in [-0.15, -0.1) is 0 Å². The van der Waals surface area contributed by atoms with Crippen LogP contribution in [0.4, 0.5) is 5.82 Å². The van der Waals surface area contributed by atoms with E-state index in [0.29, 0.717) is 17.2 Å². The Hall–Kier alpha value is -2.44. The van der Waals surface area contributed by atoms with Gasteiger partial charge < -0.3 is 5.32 Å². The number of rotatable bonds is 2. The van der Waals surface area contributed by atoms with Crippen molar-refractivity contribution in [1.82, 2.24) is 9.97 Å². The molecule has 1 N–H and O–H groups in total. The minimum Gasteiger partial charge on any atom is -0.367 e. The summed E-state index contributed by atoms with van der Waals surface area (Å²) >= 11 is 3.15. The number of nitriles is 2. The van der Waals surface area contributed by atoms with E-state index >= 15 is 0 Å². The number of nitrogens with one attached hydrogen (secondary N) is 1. The highest BCUT2D eigenvalue weighted by molar-refractivity contribution is 9.10. The average molecular weight is 342 g/mol. The summed E-state index contributed by atoms with van der Waals surface area (Å²) in [7, 11) is 0. The lowest BCUT2D eigenvalue weighted by molar-refractivity contribution is 1.11. The Labute approximate surface area is 131 Å². The number of halogens is 1. The standard InChI is InChI=1S/C9H9N3.C6H3BrN2/c10-5-7-1-4-9(11-6-7)12-8-2-3-8;7-6-2-1-5(3-8)4-9-6/h1,4,6,8H,2-3H2,(H,11,12);1-2,4H. The predicted molar refractivity (Wildman–Crippen MR) is 82.2 cm³/mol. The van der Waals surface area contributed by atoms with Crippen LogP contribution in [0, 0.1) is 22.7 Å². The van der Waals surface area contributed by atoms with Gasteiger partial charge in [-0.1, -0.05) is 0 Å². The van der Waals surface area contributed by atoms with E-state index in [1.807, 2.05) is 18.2 Å². The highest BCUT2D eigenvalue weighted by atomic mass is 79.9. The molecule has 0 radical (unpaired) electrons. The minimum absolute atomic E-state index is 0.582. The Bertz CT molecular complexity index is 663. The molecule has 1 aliphatic rings. The lowest BCUT2D eigenvalue weighted by Gasteiger charge is -2.01. The molecule has 21 heavy (non-hydrogen) atoms. The summed E-state index contributed by atoms with van der Waals surface area (Å²) in [5.41, 5.74) is 1.19. The van der Waals surface area contributed by atoms with Crippen molar-refractivity contribution >= 4 is 21.7 Å². The first-order valence-corrected chi connectivity index (χ1v) is 7.15. The van der Waals surface area contributed by atoms with Gasteiger partial charge in [0.1, 0.15) is 22.6 Å². The fraction of sp³-hybridized carbons (Fsp3) is 0.200. The first kappa shape index (κ1) is 15.0. The second-order valence-electron chi connectivity index (χ2n) is 4.44. The van der Waals surface area contributed by atoms with Gasteiger partial charge in [-0.3, -0.25) is 0 Å². The maximum Gasteiger partial charge on any atom is 0.126 e. The van der Waals surface area contributed by atoms with Crippen molar-refractivity contribution < 1.29 is 0 Å². The number of nitrogens with zero attached hydrogens (tertiary/aromatic N) is 4. The first-order valence-electron chi connectivity index (χ1n) is 6.35. The molecule has 2 aromatic rings. The lowest BCUT2D eigenvalue weighted by Crippen LogP contribution is -2.02. The van der Waals surface area contributed by atoms with Gasteiger partial charge in [0, 0.05) is 18.4 Å². The fourth-order valence-corrected chi connectivity index (χ4v) is 1.66. The van der Waals surface area contributed by atoms with E-state index in [9.17, 15) is 0 Å². The van der Waals surface area contributed by atoms with Gasteiger partial charge in [-0.05, 0) is 53.0 Å². The Morgan fingerprint density at radius 2 is 1.62 bits per heavy atom. The van der Waals surface area contributed by atoms with E-state index in [0.717, 1.165) is 10.4 Å². The molecule has 0 amide bonds. The third-order valence-electron chi connectivity index (χ3n) is 2.68. The van der Waals surface area contributed by atoms with Crippen molar-refractivity contribution in [3.05, 3.63) is 52.4 Å². The smallest absolute Gasteiger partial charge is 0.126 e. The molecular formula is C15H12BrN5. The summed E-state index contributed by atoms with van der Waals surface area (Å²) < 4.78 is 0.751. The molecule has 5 nitrogen and oxygen atoms in total. The molecule has 2 aromatic heterocycles. The molecule has 0 spiro atoms. The van der Waals surface area contributed by atoms with Crippen molar-refractivity contribution in [3.63, 3.8) is 0 Å². The van der Waals surface area contributed by atoms with E-state index in [1.165, 1.54) is 19.0 Å². The molecule has 1 saturated carbocycles. The zero-order valence-electron chi connectivity index (χ0n) is 11.1. The normalized spacial score (nSPS) is 12.3. The maximum atomic E-state index is 8.51. The zero-order valence-corrected chi connectivity index (χ0v) is 12.7. The van der Waals surface area contributed by atoms with Crippen molar-refractivity contribution in [3.8, 4) is 12.1 Å². The second-order valence-corrected chi connectivity index (χ2v) is 5.26. The summed E-state index contributed by atoms with van der Waals surface area (Å²) in [6.45, 7) is 0. The Balaban J connectivity index is 0.000000161. The van der Waals surface area contributed by atoms with Crippen LogP contribution in [0.5, 0.6) is 0 Å². The van der Waals surface area contributed by atoms with Crippen molar-refractivity contribution in [2.45, 2.75) is 18.9 Å². The van der Waals surface area contributed by atoms with Crippen LogP contribution < -0.4 is 5.32 Å². The second kappa shape index (κ2) is 7.37. The Kier molecular flexibility index (Phi) is 5.25. The Morgan fingerprint density at radius 3 is 2.05 bits per heavy atom. The molecule has 0 aromatic carbocycles. The molecule has 1 aliphatic carbocycles. The molecule has 0 unspecified atom stereocenters. The van der Waals surface area contributed by atoms with Crippen molar-refractivity contribution in [2.24, 2.45) is 0 Å². The van der Waals surface area contributed by atoms with Crippen LogP contribution in [0.3, 0.4) is 0 Å². The molecule has 2 heterocycles. The van der Waals surface area contributed by atoms with Crippen LogP contribution in [0.25, 0.3) is 0 Å². The third-order valence-corrected chi connectivity index (χ3v) is 3.15. The molecule has 0 bridgehead atoms. The molecule has 6 heteroatoms. The van der Waals surface area contributed by atoms with Gasteiger partial charge in [-0.25, -0.2) is 9.97 Å². The van der Waals surface area contributed by atoms with Crippen molar-refractivity contribution in [2.75, 3.05) is 5.32 Å². The molecule has 0 saturated heterocycles. The van der Waals surface area contributed by atoms with Crippen molar-refractivity contribution in [1.29, 1.82) is 10.5 Å². The number of hydrogen-bond donors (Lipinski definition) is 1. The van der Waals surface area contributed by atoms with E-state index < -0.39 is 0 Å². The first-order chi connectivity index (χ1) is 10.2. The largest absolute Gasteiger partial charge is 0.367 e. The van der Waals surface area contributed by atoms with Crippen LogP contribution >= 0.6 is 15.9 Å². The lowest BCUT2D eigenvalue weighted by atomic mass is 10.3. The van der Waals surface area contributed by atoms with E-state index in [2.05, 4.69) is 31.2 Å². The highest BCUT2D eigenvalue weighted by Gasteiger charge is 2.20. The molecule has 3 rings (SSSR count). The number of aromatic nitrogens is 2. The molecule has 104 valence electrons. The topological polar surface area (TPSA) is 85.4 Å². The van der Waals surface area contributed by atoms with E-state index in [1.54, 1.807) is 24.4 Å². The van der Waals surface area contributed by atoms with E-state index in [4.69, 9.17) is 10.5 Å². The number of anilines is 1. The molecule has 1 fully saturated rings. The number of hydrogen-bond acceptors (Lipinski definition) is 5. The predicted octanol–water partition coefficient (Wildman–Crippen LogP) is 3.24. The van der Waals surface area contributed by atoms with Gasteiger partial charge in [0.2, 0.25) is 0 Å². The summed E-state index contributed by atoms with van der Waals surface area (Å²) in [5.74, 6) is 0.872. The minimum atomic E-state index is 0.582. The quantitative estimate of drug-likeness (QED) is 0.847. The summed E-state index contributed by atoms with van der Waals surface area (Å²) in [5, 5.41) is 20.1. The van der Waals surface area contributed by atoms with E-state index in [-0.39, 0.29) is 0 Å². The average Bonchev–Trinajstić information content (AvgIpc) is 3.33. The van der Waals surface area contributed by atoms with Crippen LogP contribution in [0.1, 0.15) is 24.0 Å². The van der Waals surface area contributed by atoms with Crippen LogP contribution in [0.2, 0.25) is 0 Å². The molecule has 0 atom stereocenters. The molecular weight excluding hydrogens is 330 g/mol. The van der Waals surface area contributed by atoms with Gasteiger partial charge in [-0.2, -0.15) is 10.5 Å². The van der Waals surface area contributed by atoms with Gasteiger partial charge >= 0.3 is 0 Å². The third kappa shape index (κ3) is 5.21. The summed E-state index contributed by atoms with van der Waals surface area (Å²) in [6, 6.07) is 11.7. The number of pyridine rings is 2. The summed E-state index contributed by atoms with van der Waals surface area (Å²) in [4.78, 5) is 7.94. The van der Waals surface area contributed by atoms with Crippen LogP contribution in [0.15, 0.2) is 41.3 Å². The SMILES string of the molecule is N#Cc1ccc(Br)nc1.N#Cc1ccc(NC2CC2)nc1. The summed E-state index contributed by atoms with van der Waals surface area (Å²) in [6.07, 6.45) is 5.58. The fourth-order valence-electron chi connectivity index (χ4n) is 1.42. The Morgan fingerprint density at radius 1 is 1.00 bits per heavy atom. The van der Waals surface area contributed by atoms with Crippen LogP contribution in [-0.4, -0.2) is 16.0 Å². The van der Waals surface area contributed by atoms with Gasteiger partial charge in [0.15, 0.2) is 0 Å². The van der Waals surface area contributed by atoms with Crippen LogP contribution in [-0.2, 0) is 0 Å². The monoisotopic (exact) mass is 341 g/mol. The van der Waals surface area contributed by atoms with Gasteiger partial charge in [0.25, 0.3) is 0 Å². The zero-order chi connectivity index (χ0) is 15.1. The van der Waals surface area contributed by atoms with Gasteiger partial charge in [0.05, 0.1) is 11.1 Å². The highest BCUT2D eigenvalue weighted by Crippen LogP contribution is 2.23. The maximum absolute atomic E-state index is 8.51.